The van der Waals surface area contributed by atoms with Gasteiger partial charge in [-0.05, 0) is 31.4 Å². The summed E-state index contributed by atoms with van der Waals surface area (Å²) in [5.74, 6) is 0.817. The molecular weight excluding hydrogens is 218 g/mol. The fourth-order valence-corrected chi connectivity index (χ4v) is 1.70. The van der Waals surface area contributed by atoms with Crippen LogP contribution in [0.1, 0.15) is 19.4 Å². The van der Waals surface area contributed by atoms with Gasteiger partial charge in [0.15, 0.2) is 0 Å². The van der Waals surface area contributed by atoms with Crippen LogP contribution in [0.5, 0.6) is 0 Å². The highest BCUT2D eigenvalue weighted by Crippen LogP contribution is 2.11. The Labute approximate surface area is 101 Å². The molecule has 0 aliphatic heterocycles. The zero-order chi connectivity index (χ0) is 11.8. The molecule has 1 aromatic rings. The summed E-state index contributed by atoms with van der Waals surface area (Å²) < 4.78 is 0. The number of allylic oxidation sites excluding steroid dienone is 2. The van der Waals surface area contributed by atoms with E-state index in [-0.39, 0.29) is 0 Å². The van der Waals surface area contributed by atoms with Crippen molar-refractivity contribution in [1.82, 2.24) is 10.3 Å². The number of nitrogens with two attached hydrogens (primary N) is 1. The molecule has 0 saturated carbocycles. The van der Waals surface area contributed by atoms with Crippen molar-refractivity contribution in [3.05, 3.63) is 47.3 Å². The lowest BCUT2D eigenvalue weighted by molar-refractivity contribution is 0.956. The average Bonchev–Trinajstić information content (AvgIpc) is 2.35. The zero-order valence-electron chi connectivity index (χ0n) is 9.60. The number of thioether (sulfide) groups is 1. The van der Waals surface area contributed by atoms with E-state index in [9.17, 15) is 0 Å². The molecule has 1 aromatic heterocycles. The molecule has 0 saturated heterocycles. The SMILES string of the molecule is C/C=C(\C)NCS/C=C(\N)c1cccnc1. The monoisotopic (exact) mass is 235 g/mol. The van der Waals surface area contributed by atoms with Gasteiger partial charge in [-0.3, -0.25) is 4.98 Å². The molecule has 1 heterocycles. The zero-order valence-corrected chi connectivity index (χ0v) is 10.4. The Morgan fingerprint density at radius 3 is 3.06 bits per heavy atom. The molecule has 0 bridgehead atoms. The van der Waals surface area contributed by atoms with Gasteiger partial charge in [-0.1, -0.05) is 6.08 Å². The molecule has 0 amide bonds. The predicted octanol–water partition coefficient (Wildman–Crippen LogP) is 2.54. The molecule has 3 nitrogen and oxygen atoms in total. The van der Waals surface area contributed by atoms with Crippen molar-refractivity contribution in [2.45, 2.75) is 13.8 Å². The second-order valence-electron chi connectivity index (χ2n) is 3.27. The first-order chi connectivity index (χ1) is 7.74. The molecule has 3 N–H and O–H groups in total. The van der Waals surface area contributed by atoms with Crippen LogP contribution in [0.25, 0.3) is 5.70 Å². The summed E-state index contributed by atoms with van der Waals surface area (Å²) in [7, 11) is 0. The van der Waals surface area contributed by atoms with Gasteiger partial charge in [0.2, 0.25) is 0 Å². The standard InChI is InChI=1S/C12H17N3S/c1-3-10(2)15-9-16-8-12(13)11-5-4-6-14-7-11/h3-8,15H,9,13H2,1-2H3/b10-3+,12-8-. The lowest BCUT2D eigenvalue weighted by Gasteiger charge is -2.04. The fourth-order valence-electron chi connectivity index (χ4n) is 0.991. The van der Waals surface area contributed by atoms with Crippen LogP contribution in [0.3, 0.4) is 0 Å². The quantitative estimate of drug-likeness (QED) is 0.608. The maximum absolute atomic E-state index is 5.90. The molecule has 0 aromatic carbocycles. The smallest absolute Gasteiger partial charge is 0.0648 e. The molecule has 1 rings (SSSR count). The number of pyridine rings is 1. The average molecular weight is 235 g/mol. The predicted molar refractivity (Wildman–Crippen MR) is 71.4 cm³/mol. The van der Waals surface area contributed by atoms with Gasteiger partial charge in [-0.15, -0.1) is 11.8 Å². The van der Waals surface area contributed by atoms with Crippen LogP contribution in [0, 0.1) is 0 Å². The van der Waals surface area contributed by atoms with Gasteiger partial charge in [0, 0.05) is 29.4 Å². The van der Waals surface area contributed by atoms with E-state index in [2.05, 4.69) is 10.3 Å². The first kappa shape index (κ1) is 12.6. The first-order valence-corrected chi connectivity index (χ1v) is 6.13. The maximum atomic E-state index is 5.90. The highest BCUT2D eigenvalue weighted by atomic mass is 32.2. The molecule has 4 heteroatoms. The molecule has 86 valence electrons. The van der Waals surface area contributed by atoms with Gasteiger partial charge in [-0.2, -0.15) is 0 Å². The largest absolute Gasteiger partial charge is 0.398 e. The Balaban J connectivity index is 2.41. The molecule has 0 fully saturated rings. The van der Waals surface area contributed by atoms with E-state index in [4.69, 9.17) is 5.73 Å². The highest BCUT2D eigenvalue weighted by molar-refractivity contribution is 8.02. The van der Waals surface area contributed by atoms with Crippen molar-refractivity contribution in [2.75, 3.05) is 5.88 Å². The van der Waals surface area contributed by atoms with Crippen LogP contribution >= 0.6 is 11.8 Å². The van der Waals surface area contributed by atoms with Gasteiger partial charge >= 0.3 is 0 Å². The summed E-state index contributed by atoms with van der Waals surface area (Å²) in [4.78, 5) is 4.02. The molecular formula is C12H17N3S. The second-order valence-corrected chi connectivity index (χ2v) is 4.13. The number of aromatic nitrogens is 1. The van der Waals surface area contributed by atoms with Gasteiger partial charge in [0.05, 0.1) is 5.88 Å². The Morgan fingerprint density at radius 1 is 1.62 bits per heavy atom. The summed E-state index contributed by atoms with van der Waals surface area (Å²) >= 11 is 1.63. The normalized spacial score (nSPS) is 12.6. The number of rotatable bonds is 5. The second kappa shape index (κ2) is 6.95. The summed E-state index contributed by atoms with van der Waals surface area (Å²) in [6.45, 7) is 4.04. The highest BCUT2D eigenvalue weighted by Gasteiger charge is 1.94. The van der Waals surface area contributed by atoms with Gasteiger partial charge in [0.25, 0.3) is 0 Å². The first-order valence-electron chi connectivity index (χ1n) is 5.08. The van der Waals surface area contributed by atoms with Gasteiger partial charge < -0.3 is 11.1 Å². The minimum atomic E-state index is 0.748. The summed E-state index contributed by atoms with van der Waals surface area (Å²) in [6.07, 6.45) is 5.53. The van der Waals surface area contributed by atoms with E-state index in [1.54, 1.807) is 24.2 Å². The Hall–Kier alpha value is -1.42. The van der Waals surface area contributed by atoms with Crippen LogP contribution in [0.15, 0.2) is 41.7 Å². The molecule has 16 heavy (non-hydrogen) atoms. The van der Waals surface area contributed by atoms with Crippen molar-refractivity contribution >= 4 is 17.5 Å². The maximum Gasteiger partial charge on any atom is 0.0648 e. The Bertz CT molecular complexity index is 371. The lowest BCUT2D eigenvalue weighted by atomic mass is 10.2. The molecule has 0 aliphatic rings. The summed E-state index contributed by atoms with van der Waals surface area (Å²) in [5.41, 5.74) is 8.77. The Kier molecular flexibility index (Phi) is 5.50. The van der Waals surface area contributed by atoms with Crippen LogP contribution in [-0.2, 0) is 0 Å². The Morgan fingerprint density at radius 2 is 2.44 bits per heavy atom. The number of hydrogen-bond donors (Lipinski definition) is 2. The minimum absolute atomic E-state index is 0.748. The van der Waals surface area contributed by atoms with Crippen LogP contribution < -0.4 is 11.1 Å². The molecule has 0 atom stereocenters. The van der Waals surface area contributed by atoms with Crippen molar-refractivity contribution < 1.29 is 0 Å². The third-order valence-corrected chi connectivity index (χ3v) is 2.80. The van der Waals surface area contributed by atoms with Crippen molar-refractivity contribution in [3.63, 3.8) is 0 Å². The topological polar surface area (TPSA) is 50.9 Å². The van der Waals surface area contributed by atoms with Crippen molar-refractivity contribution in [3.8, 4) is 0 Å². The van der Waals surface area contributed by atoms with Gasteiger partial charge in [-0.25, -0.2) is 0 Å². The van der Waals surface area contributed by atoms with Gasteiger partial charge in [0.1, 0.15) is 0 Å². The van der Waals surface area contributed by atoms with Crippen molar-refractivity contribution in [2.24, 2.45) is 5.73 Å². The van der Waals surface area contributed by atoms with Crippen LogP contribution in [-0.4, -0.2) is 10.9 Å². The third kappa shape index (κ3) is 4.40. The van der Waals surface area contributed by atoms with E-state index in [1.165, 1.54) is 5.70 Å². The van der Waals surface area contributed by atoms with E-state index >= 15 is 0 Å². The van der Waals surface area contributed by atoms with E-state index < -0.39 is 0 Å². The van der Waals surface area contributed by atoms with E-state index in [1.807, 2.05) is 37.5 Å². The summed E-state index contributed by atoms with van der Waals surface area (Å²) in [6, 6.07) is 3.83. The molecule has 0 radical (unpaired) electrons. The van der Waals surface area contributed by atoms with E-state index in [0.29, 0.717) is 0 Å². The fraction of sp³-hybridized carbons (Fsp3) is 0.250. The van der Waals surface area contributed by atoms with E-state index in [0.717, 1.165) is 17.1 Å². The summed E-state index contributed by atoms with van der Waals surface area (Å²) in [5, 5.41) is 5.18. The third-order valence-electron chi connectivity index (χ3n) is 2.07. The molecule has 0 unspecified atom stereocenters. The molecule has 0 aliphatic carbocycles. The number of nitrogens with one attached hydrogen (secondary N) is 1. The molecule has 0 spiro atoms. The minimum Gasteiger partial charge on any atom is -0.398 e. The van der Waals surface area contributed by atoms with Crippen LogP contribution in [0.4, 0.5) is 0 Å². The lowest BCUT2D eigenvalue weighted by Crippen LogP contribution is -2.08. The number of nitrogens with zero attached hydrogens (tertiary/aromatic N) is 1. The van der Waals surface area contributed by atoms with Crippen LogP contribution in [0.2, 0.25) is 0 Å². The van der Waals surface area contributed by atoms with Crippen molar-refractivity contribution in [1.29, 1.82) is 0 Å². The number of hydrogen-bond acceptors (Lipinski definition) is 4.